The predicted octanol–water partition coefficient (Wildman–Crippen LogP) is 1.61. The largest absolute Gasteiger partial charge is 0.340 e. The zero-order valence-electron chi connectivity index (χ0n) is 11.6. The Balaban J connectivity index is 1.50. The molecule has 0 unspecified atom stereocenters. The number of piperazine rings is 1. The Bertz CT molecular complexity index is 520. The number of benzene rings is 1. The van der Waals surface area contributed by atoms with Crippen molar-refractivity contribution in [3.05, 3.63) is 35.4 Å². The van der Waals surface area contributed by atoms with Crippen LogP contribution in [0, 0.1) is 17.2 Å². The number of carbonyl (C=O) groups excluding carboxylic acids is 1. The summed E-state index contributed by atoms with van der Waals surface area (Å²) >= 11 is 0. The van der Waals surface area contributed by atoms with E-state index in [1.807, 2.05) is 29.2 Å². The topological polar surface area (TPSA) is 47.3 Å². The van der Waals surface area contributed by atoms with Crippen molar-refractivity contribution < 1.29 is 4.79 Å². The maximum atomic E-state index is 12.0. The van der Waals surface area contributed by atoms with Crippen molar-refractivity contribution in [1.82, 2.24) is 9.80 Å². The molecule has 4 heteroatoms. The van der Waals surface area contributed by atoms with Gasteiger partial charge in [-0.25, -0.2) is 0 Å². The fourth-order valence-electron chi connectivity index (χ4n) is 2.66. The Labute approximate surface area is 119 Å². The van der Waals surface area contributed by atoms with Gasteiger partial charge in [0.1, 0.15) is 0 Å². The summed E-state index contributed by atoms with van der Waals surface area (Å²) in [7, 11) is 0. The zero-order valence-corrected chi connectivity index (χ0v) is 11.6. The molecule has 1 aliphatic heterocycles. The Morgan fingerprint density at radius 2 is 1.80 bits per heavy atom. The van der Waals surface area contributed by atoms with Gasteiger partial charge in [0.15, 0.2) is 0 Å². The summed E-state index contributed by atoms with van der Waals surface area (Å²) in [5.41, 5.74) is 1.93. The van der Waals surface area contributed by atoms with Crippen LogP contribution in [0.4, 0.5) is 0 Å². The number of hydrogen-bond donors (Lipinski definition) is 0. The first-order chi connectivity index (χ1) is 9.76. The molecular formula is C16H19N3O. The summed E-state index contributed by atoms with van der Waals surface area (Å²) in [6, 6.07) is 9.89. The number of amides is 1. The molecule has 0 spiro atoms. The van der Waals surface area contributed by atoms with Crippen molar-refractivity contribution in [2.45, 2.75) is 19.4 Å². The van der Waals surface area contributed by atoms with Crippen molar-refractivity contribution >= 4 is 5.91 Å². The van der Waals surface area contributed by atoms with E-state index < -0.39 is 0 Å². The zero-order chi connectivity index (χ0) is 13.9. The van der Waals surface area contributed by atoms with Crippen LogP contribution in [-0.2, 0) is 11.3 Å². The molecule has 0 aromatic heterocycles. The normalized spacial score (nSPS) is 19.6. The predicted molar refractivity (Wildman–Crippen MR) is 75.7 cm³/mol. The van der Waals surface area contributed by atoms with Gasteiger partial charge >= 0.3 is 0 Å². The van der Waals surface area contributed by atoms with Crippen LogP contribution in [0.3, 0.4) is 0 Å². The van der Waals surface area contributed by atoms with Crippen LogP contribution >= 0.6 is 0 Å². The number of nitrogens with zero attached hydrogens (tertiary/aromatic N) is 3. The minimum absolute atomic E-state index is 0.333. The van der Waals surface area contributed by atoms with Crippen LogP contribution in [0.25, 0.3) is 0 Å². The first-order valence-electron chi connectivity index (χ1n) is 7.26. The van der Waals surface area contributed by atoms with Gasteiger partial charge in [-0.3, -0.25) is 9.69 Å². The molecule has 1 amide bonds. The molecule has 104 valence electrons. The highest BCUT2D eigenvalue weighted by molar-refractivity contribution is 5.81. The van der Waals surface area contributed by atoms with Crippen molar-refractivity contribution in [2.24, 2.45) is 5.92 Å². The quantitative estimate of drug-likeness (QED) is 0.837. The molecule has 1 aromatic carbocycles. The second kappa shape index (κ2) is 5.64. The SMILES string of the molecule is N#Cc1ccc(CN2CCN(C(=O)C3CC3)CC2)cc1. The number of carbonyl (C=O) groups is 1. The van der Waals surface area contributed by atoms with Crippen LogP contribution < -0.4 is 0 Å². The smallest absolute Gasteiger partial charge is 0.225 e. The molecule has 0 bridgehead atoms. The summed E-state index contributed by atoms with van der Waals surface area (Å²) in [5.74, 6) is 0.697. The van der Waals surface area contributed by atoms with E-state index in [0.29, 0.717) is 17.4 Å². The Morgan fingerprint density at radius 1 is 1.15 bits per heavy atom. The minimum Gasteiger partial charge on any atom is -0.340 e. The number of rotatable bonds is 3. The second-order valence-electron chi connectivity index (χ2n) is 5.68. The van der Waals surface area contributed by atoms with Gasteiger partial charge in [-0.2, -0.15) is 5.26 Å². The van der Waals surface area contributed by atoms with E-state index in [1.165, 1.54) is 5.56 Å². The molecule has 0 N–H and O–H groups in total. The van der Waals surface area contributed by atoms with Gasteiger partial charge in [0.25, 0.3) is 0 Å². The van der Waals surface area contributed by atoms with Gasteiger partial charge in [0.2, 0.25) is 5.91 Å². The molecular weight excluding hydrogens is 250 g/mol. The molecule has 4 nitrogen and oxygen atoms in total. The third kappa shape index (κ3) is 3.00. The standard InChI is InChI=1S/C16H19N3O/c17-11-13-1-3-14(4-2-13)12-18-7-9-19(10-8-18)16(20)15-5-6-15/h1-4,15H,5-10,12H2. The van der Waals surface area contributed by atoms with E-state index >= 15 is 0 Å². The van der Waals surface area contributed by atoms with E-state index in [4.69, 9.17) is 5.26 Å². The Kier molecular flexibility index (Phi) is 3.70. The molecule has 0 atom stereocenters. The van der Waals surface area contributed by atoms with Crippen LogP contribution in [0.5, 0.6) is 0 Å². The van der Waals surface area contributed by atoms with Crippen molar-refractivity contribution in [3.63, 3.8) is 0 Å². The summed E-state index contributed by atoms with van der Waals surface area (Å²) in [6.45, 7) is 4.49. The number of nitriles is 1. The lowest BCUT2D eigenvalue weighted by atomic mass is 10.1. The second-order valence-corrected chi connectivity index (χ2v) is 5.68. The van der Waals surface area contributed by atoms with Crippen LogP contribution in [0.15, 0.2) is 24.3 Å². The summed E-state index contributed by atoms with van der Waals surface area (Å²) < 4.78 is 0. The molecule has 1 saturated carbocycles. The first-order valence-corrected chi connectivity index (χ1v) is 7.26. The minimum atomic E-state index is 0.333. The molecule has 1 aromatic rings. The van der Waals surface area contributed by atoms with E-state index in [-0.39, 0.29) is 0 Å². The highest BCUT2D eigenvalue weighted by Gasteiger charge is 2.34. The third-order valence-corrected chi connectivity index (χ3v) is 4.10. The molecule has 2 aliphatic rings. The maximum absolute atomic E-state index is 12.0. The lowest BCUT2D eigenvalue weighted by Gasteiger charge is -2.34. The number of hydrogen-bond acceptors (Lipinski definition) is 3. The van der Waals surface area contributed by atoms with Gasteiger partial charge in [0.05, 0.1) is 11.6 Å². The van der Waals surface area contributed by atoms with Gasteiger partial charge in [-0.1, -0.05) is 12.1 Å². The molecule has 3 rings (SSSR count). The van der Waals surface area contributed by atoms with Crippen molar-refractivity contribution in [1.29, 1.82) is 5.26 Å². The van der Waals surface area contributed by atoms with E-state index in [2.05, 4.69) is 11.0 Å². The lowest BCUT2D eigenvalue weighted by molar-refractivity contribution is -0.134. The summed E-state index contributed by atoms with van der Waals surface area (Å²) in [6.07, 6.45) is 2.18. The average Bonchev–Trinajstić information content (AvgIpc) is 3.33. The van der Waals surface area contributed by atoms with Gasteiger partial charge < -0.3 is 4.90 Å². The first kappa shape index (κ1) is 13.1. The van der Waals surface area contributed by atoms with E-state index in [0.717, 1.165) is 45.6 Å². The van der Waals surface area contributed by atoms with E-state index in [1.54, 1.807) is 0 Å². The van der Waals surface area contributed by atoms with Crippen molar-refractivity contribution in [2.75, 3.05) is 26.2 Å². The van der Waals surface area contributed by atoms with Gasteiger partial charge in [0, 0.05) is 38.6 Å². The third-order valence-electron chi connectivity index (χ3n) is 4.10. The molecule has 1 saturated heterocycles. The molecule has 1 heterocycles. The summed E-state index contributed by atoms with van der Waals surface area (Å²) in [5, 5.41) is 8.78. The molecule has 1 aliphatic carbocycles. The monoisotopic (exact) mass is 269 g/mol. The van der Waals surface area contributed by atoms with Gasteiger partial charge in [-0.15, -0.1) is 0 Å². The lowest BCUT2D eigenvalue weighted by Crippen LogP contribution is -2.48. The van der Waals surface area contributed by atoms with Gasteiger partial charge in [-0.05, 0) is 30.5 Å². The summed E-state index contributed by atoms with van der Waals surface area (Å²) in [4.78, 5) is 16.4. The van der Waals surface area contributed by atoms with Crippen LogP contribution in [0.2, 0.25) is 0 Å². The fraction of sp³-hybridized carbons (Fsp3) is 0.500. The average molecular weight is 269 g/mol. The Hall–Kier alpha value is -1.86. The van der Waals surface area contributed by atoms with Crippen molar-refractivity contribution in [3.8, 4) is 6.07 Å². The van der Waals surface area contributed by atoms with E-state index in [9.17, 15) is 4.79 Å². The van der Waals surface area contributed by atoms with Crippen LogP contribution in [-0.4, -0.2) is 41.9 Å². The molecule has 0 radical (unpaired) electrons. The highest BCUT2D eigenvalue weighted by atomic mass is 16.2. The Morgan fingerprint density at radius 3 is 2.35 bits per heavy atom. The molecule has 2 fully saturated rings. The van der Waals surface area contributed by atoms with Crippen LogP contribution in [0.1, 0.15) is 24.0 Å². The fourth-order valence-corrected chi connectivity index (χ4v) is 2.66. The maximum Gasteiger partial charge on any atom is 0.225 e. The highest BCUT2D eigenvalue weighted by Crippen LogP contribution is 2.31. The molecule has 20 heavy (non-hydrogen) atoms.